The lowest BCUT2D eigenvalue weighted by atomic mass is 10.0. The van der Waals surface area contributed by atoms with Gasteiger partial charge in [-0.15, -0.1) is 0 Å². The summed E-state index contributed by atoms with van der Waals surface area (Å²) in [6.45, 7) is 2.51. The highest BCUT2D eigenvalue weighted by Crippen LogP contribution is 2.23. The zero-order chi connectivity index (χ0) is 12.5. The maximum atomic E-state index is 5.98. The smallest absolute Gasteiger partial charge is 0.202 e. The summed E-state index contributed by atoms with van der Waals surface area (Å²) in [6, 6.07) is 1.94. The van der Waals surface area contributed by atoms with Gasteiger partial charge in [0.1, 0.15) is 5.52 Å². The van der Waals surface area contributed by atoms with Crippen molar-refractivity contribution in [3.8, 4) is 0 Å². The van der Waals surface area contributed by atoms with Crippen LogP contribution < -0.4 is 5.73 Å². The van der Waals surface area contributed by atoms with E-state index in [-0.39, 0.29) is 0 Å². The number of anilines is 1. The molecule has 0 bridgehead atoms. The summed E-state index contributed by atoms with van der Waals surface area (Å²) >= 11 is 3.39. The summed E-state index contributed by atoms with van der Waals surface area (Å²) < 4.78 is 8.40. The standard InChI is InChI=1S/C12H15BrN4O/c13-9-4-10-11(15-5-9)17(12(14)16-10)6-8-2-1-3-18-7-8/h4-5,8H,1-3,6-7H2,(H2,14,16). The van der Waals surface area contributed by atoms with Crippen LogP contribution in [0.5, 0.6) is 0 Å². The van der Waals surface area contributed by atoms with Gasteiger partial charge in [0.2, 0.25) is 5.95 Å². The number of nitrogens with zero attached hydrogens (tertiary/aromatic N) is 3. The second kappa shape index (κ2) is 4.85. The van der Waals surface area contributed by atoms with Crippen molar-refractivity contribution in [3.05, 3.63) is 16.7 Å². The first kappa shape index (κ1) is 11.9. The second-order valence-electron chi connectivity index (χ2n) is 4.66. The van der Waals surface area contributed by atoms with E-state index in [9.17, 15) is 0 Å². The fourth-order valence-corrected chi connectivity index (χ4v) is 2.71. The highest BCUT2D eigenvalue weighted by atomic mass is 79.9. The van der Waals surface area contributed by atoms with Crippen molar-refractivity contribution in [3.63, 3.8) is 0 Å². The molecule has 0 spiro atoms. The molecule has 2 N–H and O–H groups in total. The average molecular weight is 311 g/mol. The van der Waals surface area contributed by atoms with E-state index >= 15 is 0 Å². The molecular weight excluding hydrogens is 296 g/mol. The van der Waals surface area contributed by atoms with Crippen molar-refractivity contribution in [2.24, 2.45) is 5.92 Å². The molecular formula is C12H15BrN4O. The topological polar surface area (TPSA) is 66.0 Å². The first-order chi connectivity index (χ1) is 8.74. The number of pyridine rings is 1. The Morgan fingerprint density at radius 1 is 1.56 bits per heavy atom. The number of hydrogen-bond acceptors (Lipinski definition) is 4. The Balaban J connectivity index is 1.92. The van der Waals surface area contributed by atoms with Gasteiger partial charge in [0.05, 0.1) is 6.61 Å². The van der Waals surface area contributed by atoms with Crippen LogP contribution in [0.2, 0.25) is 0 Å². The molecule has 0 aliphatic carbocycles. The summed E-state index contributed by atoms with van der Waals surface area (Å²) in [7, 11) is 0. The maximum Gasteiger partial charge on any atom is 0.202 e. The van der Waals surface area contributed by atoms with E-state index in [4.69, 9.17) is 10.5 Å². The van der Waals surface area contributed by atoms with Crippen LogP contribution >= 0.6 is 15.9 Å². The van der Waals surface area contributed by atoms with E-state index in [1.165, 1.54) is 6.42 Å². The predicted molar refractivity (Wildman–Crippen MR) is 73.2 cm³/mol. The molecule has 96 valence electrons. The first-order valence-electron chi connectivity index (χ1n) is 6.09. The lowest BCUT2D eigenvalue weighted by Gasteiger charge is -2.22. The molecule has 1 fully saturated rings. The second-order valence-corrected chi connectivity index (χ2v) is 5.58. The van der Waals surface area contributed by atoms with Crippen molar-refractivity contribution >= 4 is 33.0 Å². The third kappa shape index (κ3) is 2.22. The summed E-state index contributed by atoms with van der Waals surface area (Å²) in [4.78, 5) is 8.75. The van der Waals surface area contributed by atoms with Crippen LogP contribution in [-0.2, 0) is 11.3 Å². The van der Waals surface area contributed by atoms with E-state index in [0.717, 1.165) is 41.8 Å². The minimum absolute atomic E-state index is 0.504. The molecule has 1 atom stereocenters. The summed E-state index contributed by atoms with van der Waals surface area (Å²) in [6.07, 6.45) is 4.07. The molecule has 1 aliphatic rings. The van der Waals surface area contributed by atoms with Crippen LogP contribution in [0.1, 0.15) is 12.8 Å². The number of hydrogen-bond donors (Lipinski definition) is 1. The van der Waals surface area contributed by atoms with Crippen molar-refractivity contribution in [2.75, 3.05) is 18.9 Å². The largest absolute Gasteiger partial charge is 0.381 e. The Morgan fingerprint density at radius 2 is 2.44 bits per heavy atom. The van der Waals surface area contributed by atoms with Gasteiger partial charge in [-0.25, -0.2) is 9.97 Å². The number of ether oxygens (including phenoxy) is 1. The Bertz CT molecular complexity index is 562. The molecule has 2 aromatic heterocycles. The molecule has 3 rings (SSSR count). The van der Waals surface area contributed by atoms with Crippen molar-refractivity contribution < 1.29 is 4.74 Å². The molecule has 2 aromatic rings. The van der Waals surface area contributed by atoms with Crippen molar-refractivity contribution in [2.45, 2.75) is 19.4 Å². The van der Waals surface area contributed by atoms with Crippen LogP contribution in [0.25, 0.3) is 11.2 Å². The number of rotatable bonds is 2. The lowest BCUT2D eigenvalue weighted by Crippen LogP contribution is -2.22. The molecule has 1 saturated heterocycles. The zero-order valence-corrected chi connectivity index (χ0v) is 11.6. The molecule has 0 radical (unpaired) electrons. The van der Waals surface area contributed by atoms with Gasteiger partial charge in [0.25, 0.3) is 0 Å². The van der Waals surface area contributed by atoms with Crippen LogP contribution in [0, 0.1) is 5.92 Å². The summed E-state index contributed by atoms with van der Waals surface area (Å²) in [5.74, 6) is 1.03. The monoisotopic (exact) mass is 310 g/mol. The molecule has 0 saturated carbocycles. The van der Waals surface area contributed by atoms with Gasteiger partial charge in [0.15, 0.2) is 5.65 Å². The molecule has 18 heavy (non-hydrogen) atoms. The number of nitrogen functional groups attached to an aromatic ring is 1. The Hall–Kier alpha value is -1.14. The SMILES string of the molecule is Nc1nc2cc(Br)cnc2n1CC1CCCOC1. The number of fused-ring (bicyclic) bond motifs is 1. The van der Waals surface area contributed by atoms with E-state index in [0.29, 0.717) is 11.9 Å². The highest BCUT2D eigenvalue weighted by molar-refractivity contribution is 9.10. The molecule has 1 unspecified atom stereocenters. The van der Waals surface area contributed by atoms with Gasteiger partial charge in [-0.05, 0) is 34.8 Å². The van der Waals surface area contributed by atoms with Gasteiger partial charge in [-0.2, -0.15) is 0 Å². The normalized spacial score (nSPS) is 20.4. The third-order valence-corrected chi connectivity index (χ3v) is 3.71. The van der Waals surface area contributed by atoms with Gasteiger partial charge in [-0.3, -0.25) is 4.57 Å². The van der Waals surface area contributed by atoms with Crippen LogP contribution in [0.15, 0.2) is 16.7 Å². The fourth-order valence-electron chi connectivity index (χ4n) is 2.39. The molecule has 1 aliphatic heterocycles. The van der Waals surface area contributed by atoms with Crippen molar-refractivity contribution in [1.29, 1.82) is 0 Å². The van der Waals surface area contributed by atoms with Gasteiger partial charge in [-0.1, -0.05) is 0 Å². The Morgan fingerprint density at radius 3 is 3.22 bits per heavy atom. The summed E-state index contributed by atoms with van der Waals surface area (Å²) in [5.41, 5.74) is 7.66. The Kier molecular flexibility index (Phi) is 3.22. The molecule has 0 aromatic carbocycles. The summed E-state index contributed by atoms with van der Waals surface area (Å²) in [5, 5.41) is 0. The zero-order valence-electron chi connectivity index (χ0n) is 9.97. The molecule has 5 nitrogen and oxygen atoms in total. The number of halogens is 1. The quantitative estimate of drug-likeness (QED) is 0.923. The molecule has 6 heteroatoms. The van der Waals surface area contributed by atoms with Gasteiger partial charge in [0, 0.05) is 29.7 Å². The third-order valence-electron chi connectivity index (χ3n) is 3.28. The molecule has 0 amide bonds. The van der Waals surface area contributed by atoms with Crippen LogP contribution in [0.3, 0.4) is 0 Å². The van der Waals surface area contributed by atoms with E-state index in [1.54, 1.807) is 6.20 Å². The maximum absolute atomic E-state index is 5.98. The van der Waals surface area contributed by atoms with Crippen LogP contribution in [-0.4, -0.2) is 27.7 Å². The number of nitrogens with two attached hydrogens (primary N) is 1. The Labute approximate surface area is 113 Å². The van der Waals surface area contributed by atoms with Crippen molar-refractivity contribution in [1.82, 2.24) is 14.5 Å². The minimum atomic E-state index is 0.504. The highest BCUT2D eigenvalue weighted by Gasteiger charge is 2.18. The molecule has 3 heterocycles. The minimum Gasteiger partial charge on any atom is -0.381 e. The first-order valence-corrected chi connectivity index (χ1v) is 6.88. The van der Waals surface area contributed by atoms with Gasteiger partial charge < -0.3 is 10.5 Å². The van der Waals surface area contributed by atoms with Gasteiger partial charge >= 0.3 is 0 Å². The van der Waals surface area contributed by atoms with Crippen LogP contribution in [0.4, 0.5) is 5.95 Å². The number of aromatic nitrogens is 3. The fraction of sp³-hybridized carbons (Fsp3) is 0.500. The van der Waals surface area contributed by atoms with E-state index in [1.807, 2.05) is 10.6 Å². The lowest BCUT2D eigenvalue weighted by molar-refractivity contribution is 0.0489. The number of imidazole rings is 1. The van der Waals surface area contributed by atoms with E-state index in [2.05, 4.69) is 25.9 Å². The predicted octanol–water partition coefficient (Wildman–Crippen LogP) is 2.20. The average Bonchev–Trinajstić information content (AvgIpc) is 2.66. The van der Waals surface area contributed by atoms with E-state index < -0.39 is 0 Å².